The van der Waals surface area contributed by atoms with Gasteiger partial charge in [0.05, 0.1) is 35.6 Å². The summed E-state index contributed by atoms with van der Waals surface area (Å²) < 4.78 is 27.6. The Bertz CT molecular complexity index is 1090. The van der Waals surface area contributed by atoms with Gasteiger partial charge in [0.25, 0.3) is 10.0 Å². The first-order chi connectivity index (χ1) is 14.9. The van der Waals surface area contributed by atoms with Gasteiger partial charge in [-0.25, -0.2) is 8.42 Å². The van der Waals surface area contributed by atoms with Crippen LogP contribution in [0.1, 0.15) is 12.0 Å². The van der Waals surface area contributed by atoms with Crippen LogP contribution in [0.25, 0.3) is 0 Å². The van der Waals surface area contributed by atoms with E-state index in [2.05, 4.69) is 15.6 Å². The van der Waals surface area contributed by atoms with Crippen LogP contribution in [-0.2, 0) is 21.2 Å². The Morgan fingerprint density at radius 1 is 1.35 bits per heavy atom. The Labute approximate surface area is 189 Å². The summed E-state index contributed by atoms with van der Waals surface area (Å²) in [5.74, 6) is -0.0895. The number of nitrogens with one attached hydrogen (secondary N) is 2. The fourth-order valence-electron chi connectivity index (χ4n) is 3.66. The molecular formula is C20H24N4O4S3. The Morgan fingerprint density at radius 3 is 2.94 bits per heavy atom. The molecule has 1 amide bonds. The molecule has 1 aromatic heterocycles. The molecule has 2 aromatic rings. The van der Waals surface area contributed by atoms with Gasteiger partial charge in [0.15, 0.2) is 0 Å². The first kappa shape index (κ1) is 22.1. The van der Waals surface area contributed by atoms with E-state index in [-0.39, 0.29) is 30.4 Å². The standard InChI is InChI=1S/C20H24N4O4S3/c1-24(31(27,28)18-6-3-9-29-18)16-5-2-4-13-10-15(23-19(13)16)20-22-12-14(30-20)11-17(26)21-7-8-25/h2-6,9,14-15,23,25H,7-8,10-12H2,1H3,(H,21,26). The number of thiophene rings is 1. The molecule has 0 spiro atoms. The number of hydrogen-bond donors (Lipinski definition) is 3. The molecule has 3 heterocycles. The molecule has 0 saturated heterocycles. The van der Waals surface area contributed by atoms with E-state index in [9.17, 15) is 13.2 Å². The fourth-order valence-corrected chi connectivity index (χ4v) is 7.21. The number of aliphatic hydroxyl groups excluding tert-OH is 1. The molecule has 11 heteroatoms. The van der Waals surface area contributed by atoms with E-state index in [1.54, 1.807) is 42.4 Å². The minimum absolute atomic E-state index is 0.0375. The van der Waals surface area contributed by atoms with Gasteiger partial charge in [-0.1, -0.05) is 18.2 Å². The van der Waals surface area contributed by atoms with Crippen molar-refractivity contribution in [1.29, 1.82) is 0 Å². The maximum atomic E-state index is 13.0. The number of amides is 1. The van der Waals surface area contributed by atoms with Crippen LogP contribution in [0.15, 0.2) is 44.9 Å². The number of anilines is 2. The zero-order chi connectivity index (χ0) is 22.0. The van der Waals surface area contributed by atoms with Gasteiger partial charge in [-0.3, -0.25) is 14.1 Å². The van der Waals surface area contributed by atoms with E-state index in [1.165, 1.54) is 15.6 Å². The summed E-state index contributed by atoms with van der Waals surface area (Å²) in [6.45, 7) is 0.753. The van der Waals surface area contributed by atoms with Crippen molar-refractivity contribution in [3.05, 3.63) is 41.3 Å². The molecule has 2 unspecified atom stereocenters. The highest BCUT2D eigenvalue weighted by Crippen LogP contribution is 2.40. The second-order valence-corrected chi connectivity index (χ2v) is 11.8. The van der Waals surface area contributed by atoms with Crippen LogP contribution in [0.4, 0.5) is 11.4 Å². The number of hydrogen-bond acceptors (Lipinski definition) is 8. The lowest BCUT2D eigenvalue weighted by Gasteiger charge is -2.22. The van der Waals surface area contributed by atoms with E-state index in [0.717, 1.165) is 16.3 Å². The van der Waals surface area contributed by atoms with Crippen molar-refractivity contribution in [2.75, 3.05) is 36.4 Å². The van der Waals surface area contributed by atoms with Gasteiger partial charge in [-0.05, 0) is 23.1 Å². The molecule has 3 N–H and O–H groups in total. The topological polar surface area (TPSA) is 111 Å². The molecular weight excluding hydrogens is 456 g/mol. The van der Waals surface area contributed by atoms with E-state index in [4.69, 9.17) is 5.11 Å². The Kier molecular flexibility index (Phi) is 6.56. The summed E-state index contributed by atoms with van der Waals surface area (Å²) >= 11 is 2.79. The average molecular weight is 481 g/mol. The molecule has 0 saturated carbocycles. The zero-order valence-corrected chi connectivity index (χ0v) is 19.4. The molecule has 0 fully saturated rings. The number of nitrogens with zero attached hydrogens (tertiary/aromatic N) is 2. The highest BCUT2D eigenvalue weighted by Gasteiger charge is 2.34. The number of carbonyl (C=O) groups is 1. The maximum absolute atomic E-state index is 13.0. The van der Waals surface area contributed by atoms with Crippen molar-refractivity contribution in [3.63, 3.8) is 0 Å². The van der Waals surface area contributed by atoms with Crippen LogP contribution < -0.4 is 14.9 Å². The highest BCUT2D eigenvalue weighted by molar-refractivity contribution is 8.15. The smallest absolute Gasteiger partial charge is 0.273 e. The van der Waals surface area contributed by atoms with Crippen LogP contribution in [0.2, 0.25) is 0 Å². The third-order valence-electron chi connectivity index (χ3n) is 5.20. The molecule has 2 aliphatic heterocycles. The average Bonchev–Trinajstić information content (AvgIpc) is 3.51. The number of aliphatic imine (C=N–C) groups is 1. The van der Waals surface area contributed by atoms with Crippen molar-refractivity contribution in [2.45, 2.75) is 28.3 Å². The molecule has 0 aliphatic carbocycles. The van der Waals surface area contributed by atoms with Crippen LogP contribution >= 0.6 is 23.1 Å². The van der Waals surface area contributed by atoms with Crippen molar-refractivity contribution in [2.24, 2.45) is 4.99 Å². The summed E-state index contributed by atoms with van der Waals surface area (Å²) in [4.78, 5) is 16.5. The number of sulfonamides is 1. The van der Waals surface area contributed by atoms with Crippen molar-refractivity contribution in [1.82, 2.24) is 5.32 Å². The van der Waals surface area contributed by atoms with E-state index in [1.807, 2.05) is 12.1 Å². The quantitative estimate of drug-likeness (QED) is 0.532. The molecule has 0 bridgehead atoms. The first-order valence-corrected chi connectivity index (χ1v) is 13.1. The normalized spacial score (nSPS) is 20.1. The molecule has 8 nitrogen and oxygen atoms in total. The number of benzene rings is 1. The van der Waals surface area contributed by atoms with Gasteiger partial charge >= 0.3 is 0 Å². The lowest BCUT2D eigenvalue weighted by atomic mass is 10.1. The summed E-state index contributed by atoms with van der Waals surface area (Å²) in [7, 11) is -2.05. The Balaban J connectivity index is 1.45. The van der Waals surface area contributed by atoms with Gasteiger partial charge < -0.3 is 15.7 Å². The molecule has 1 aromatic carbocycles. The van der Waals surface area contributed by atoms with Crippen molar-refractivity contribution >= 4 is 55.4 Å². The fraction of sp³-hybridized carbons (Fsp3) is 0.400. The van der Waals surface area contributed by atoms with Crippen LogP contribution in [0.5, 0.6) is 0 Å². The van der Waals surface area contributed by atoms with E-state index < -0.39 is 10.0 Å². The Hall–Kier alpha value is -2.08. The number of para-hydroxylation sites is 1. The van der Waals surface area contributed by atoms with Crippen molar-refractivity contribution < 1.29 is 18.3 Å². The summed E-state index contributed by atoms with van der Waals surface area (Å²) in [5.41, 5.74) is 2.46. The van der Waals surface area contributed by atoms with Crippen molar-refractivity contribution in [3.8, 4) is 0 Å². The second-order valence-electron chi connectivity index (χ2n) is 7.31. The summed E-state index contributed by atoms with van der Waals surface area (Å²) in [6.07, 6.45) is 1.07. The number of aliphatic hydroxyl groups is 1. The monoisotopic (exact) mass is 480 g/mol. The van der Waals surface area contributed by atoms with Crippen LogP contribution in [0.3, 0.4) is 0 Å². The predicted octanol–water partition coefficient (Wildman–Crippen LogP) is 1.92. The number of rotatable bonds is 8. The molecule has 166 valence electrons. The lowest BCUT2D eigenvalue weighted by Crippen LogP contribution is -2.30. The number of thioether (sulfide) groups is 1. The molecule has 2 atom stereocenters. The van der Waals surface area contributed by atoms with Gasteiger partial charge in [0, 0.05) is 31.7 Å². The number of carbonyl (C=O) groups excluding carboxylic acids is 1. The largest absolute Gasteiger partial charge is 0.395 e. The minimum atomic E-state index is -3.62. The maximum Gasteiger partial charge on any atom is 0.273 e. The SMILES string of the molecule is CN(c1cccc2c1NC(C1=NCC(CC(=O)NCCO)S1)C2)S(=O)(=O)c1cccs1. The van der Waals surface area contributed by atoms with Gasteiger partial charge in [0.2, 0.25) is 5.91 Å². The minimum Gasteiger partial charge on any atom is -0.395 e. The van der Waals surface area contributed by atoms with E-state index in [0.29, 0.717) is 29.3 Å². The molecule has 0 radical (unpaired) electrons. The highest BCUT2D eigenvalue weighted by atomic mass is 32.2. The lowest BCUT2D eigenvalue weighted by molar-refractivity contribution is -0.121. The molecule has 31 heavy (non-hydrogen) atoms. The van der Waals surface area contributed by atoms with E-state index >= 15 is 0 Å². The third-order valence-corrected chi connectivity index (χ3v) is 9.65. The zero-order valence-electron chi connectivity index (χ0n) is 16.9. The van der Waals surface area contributed by atoms with Crippen LogP contribution in [0, 0.1) is 0 Å². The summed E-state index contributed by atoms with van der Waals surface area (Å²) in [6, 6.07) is 8.97. The molecule has 2 aliphatic rings. The molecule has 4 rings (SSSR count). The first-order valence-electron chi connectivity index (χ1n) is 9.89. The second kappa shape index (κ2) is 9.19. The van der Waals surface area contributed by atoms with Gasteiger partial charge in [0.1, 0.15) is 4.21 Å². The van der Waals surface area contributed by atoms with Gasteiger partial charge in [-0.15, -0.1) is 23.1 Å². The number of fused-ring (bicyclic) bond motifs is 1. The predicted molar refractivity (Wildman–Crippen MR) is 126 cm³/mol. The van der Waals surface area contributed by atoms with Crippen LogP contribution in [-0.4, -0.2) is 62.5 Å². The van der Waals surface area contributed by atoms with Gasteiger partial charge in [-0.2, -0.15) is 0 Å². The Morgan fingerprint density at radius 2 is 2.19 bits per heavy atom. The third kappa shape index (κ3) is 4.59. The summed E-state index contributed by atoms with van der Waals surface area (Å²) in [5, 5.41) is 17.7.